The Morgan fingerprint density at radius 3 is 2.37 bits per heavy atom. The number of Topliss-reactive ketones (excluding diaryl/α,β-unsaturated/α-hetero) is 1. The van der Waals surface area contributed by atoms with E-state index < -0.39 is 17.0 Å². The van der Waals surface area contributed by atoms with Crippen molar-refractivity contribution < 1.29 is 9.53 Å². The lowest BCUT2D eigenvalue weighted by Crippen LogP contribution is -2.41. The van der Waals surface area contributed by atoms with E-state index in [0.29, 0.717) is 4.34 Å². The first-order valence-electron chi connectivity index (χ1n) is 8.62. The van der Waals surface area contributed by atoms with Crippen LogP contribution in [0.25, 0.3) is 0 Å². The normalized spacial score (nSPS) is 10.9. The molecule has 0 aliphatic carbocycles. The summed E-state index contributed by atoms with van der Waals surface area (Å²) in [6, 6.07) is 7.77. The number of hydrogen-bond acceptors (Lipinski definition) is 10. The molecule has 2 N–H and O–H groups in total. The Balaban J connectivity index is 1.62. The van der Waals surface area contributed by atoms with Crippen LogP contribution in [0.2, 0.25) is 0 Å². The van der Waals surface area contributed by atoms with Crippen molar-refractivity contribution in [2.75, 3.05) is 18.6 Å². The minimum atomic E-state index is -0.700. The molecular weight excluding hydrogens is 446 g/mol. The minimum Gasteiger partial charge on any atom is -0.497 e. The lowest BCUT2D eigenvalue weighted by Gasteiger charge is -2.10. The van der Waals surface area contributed by atoms with E-state index in [4.69, 9.17) is 10.5 Å². The largest absolute Gasteiger partial charge is 0.497 e. The van der Waals surface area contributed by atoms with E-state index in [1.165, 1.54) is 37.2 Å². The van der Waals surface area contributed by atoms with Gasteiger partial charge in [-0.1, -0.05) is 47.0 Å². The number of ether oxygens (including phenoxy) is 1. The summed E-state index contributed by atoms with van der Waals surface area (Å²) < 4.78 is 8.48. The molecule has 0 aliphatic rings. The van der Waals surface area contributed by atoms with Crippen molar-refractivity contribution in [2.45, 2.75) is 14.4 Å². The third-order valence-corrected chi connectivity index (χ3v) is 7.49. The third kappa shape index (κ3) is 4.77. The van der Waals surface area contributed by atoms with Gasteiger partial charge in [0.25, 0.3) is 5.56 Å². The van der Waals surface area contributed by atoms with Gasteiger partial charge in [0.05, 0.1) is 12.9 Å². The molecule has 12 heteroatoms. The fourth-order valence-corrected chi connectivity index (χ4v) is 5.35. The van der Waals surface area contributed by atoms with Crippen LogP contribution < -0.4 is 21.7 Å². The molecule has 0 fully saturated rings. The number of nitrogens with zero attached hydrogens (tertiary/aromatic N) is 4. The number of thioether (sulfide) groups is 2. The molecule has 0 atom stereocenters. The van der Waals surface area contributed by atoms with Gasteiger partial charge in [0.2, 0.25) is 0 Å². The second-order valence-electron chi connectivity index (χ2n) is 6.15. The van der Waals surface area contributed by atoms with Gasteiger partial charge < -0.3 is 10.5 Å². The van der Waals surface area contributed by atoms with Crippen molar-refractivity contribution in [3.05, 3.63) is 56.2 Å². The summed E-state index contributed by atoms with van der Waals surface area (Å²) >= 11 is 4.09. The second kappa shape index (κ2) is 9.49. The molecule has 0 spiro atoms. The van der Waals surface area contributed by atoms with E-state index in [1.807, 2.05) is 24.3 Å². The predicted octanol–water partition coefficient (Wildman–Crippen LogP) is 1.79. The summed E-state index contributed by atoms with van der Waals surface area (Å²) in [5.41, 5.74) is 5.48. The van der Waals surface area contributed by atoms with Gasteiger partial charge in [0.15, 0.2) is 14.5 Å². The van der Waals surface area contributed by atoms with Gasteiger partial charge in [-0.15, -0.1) is 10.2 Å². The van der Waals surface area contributed by atoms with Crippen molar-refractivity contribution >= 4 is 46.5 Å². The SMILES string of the molecule is COc1ccc(CSc2nnc(SCC(=O)c3c(N)n(C)c(=O)n(C)c3=O)s2)cc1. The number of aromatic nitrogens is 4. The number of nitrogens with two attached hydrogens (primary N) is 1. The van der Waals surface area contributed by atoms with Gasteiger partial charge in [0, 0.05) is 19.8 Å². The van der Waals surface area contributed by atoms with E-state index in [0.717, 1.165) is 30.5 Å². The number of methoxy groups -OCH3 is 1. The minimum absolute atomic E-state index is 0.0323. The number of nitrogen functional groups attached to an aromatic ring is 1. The Bertz CT molecular complexity index is 1180. The first-order chi connectivity index (χ1) is 14.3. The highest BCUT2D eigenvalue weighted by Crippen LogP contribution is 2.31. The topological polar surface area (TPSA) is 122 Å². The Hall–Kier alpha value is -2.57. The van der Waals surface area contributed by atoms with Crippen LogP contribution in [0.4, 0.5) is 5.82 Å². The average Bonchev–Trinajstić information content (AvgIpc) is 3.22. The summed E-state index contributed by atoms with van der Waals surface area (Å²) in [6.45, 7) is 0. The van der Waals surface area contributed by atoms with Gasteiger partial charge >= 0.3 is 5.69 Å². The molecule has 0 saturated heterocycles. The molecule has 0 unspecified atom stereocenters. The maximum absolute atomic E-state index is 12.6. The highest BCUT2D eigenvalue weighted by molar-refractivity contribution is 8.03. The quantitative estimate of drug-likeness (QED) is 0.392. The fourth-order valence-electron chi connectivity index (χ4n) is 2.50. The number of benzene rings is 1. The number of ketones is 1. The van der Waals surface area contributed by atoms with E-state index in [1.54, 1.807) is 18.9 Å². The molecule has 0 radical (unpaired) electrons. The molecule has 158 valence electrons. The van der Waals surface area contributed by atoms with Crippen LogP contribution in [0.1, 0.15) is 15.9 Å². The molecule has 3 rings (SSSR count). The zero-order chi connectivity index (χ0) is 21.8. The molecule has 0 bridgehead atoms. The van der Waals surface area contributed by atoms with Crippen LogP contribution in [0, 0.1) is 0 Å². The summed E-state index contributed by atoms with van der Waals surface area (Å²) in [4.78, 5) is 36.7. The Morgan fingerprint density at radius 2 is 1.73 bits per heavy atom. The van der Waals surface area contributed by atoms with Crippen LogP contribution in [0.15, 0.2) is 42.5 Å². The molecule has 9 nitrogen and oxygen atoms in total. The smallest absolute Gasteiger partial charge is 0.332 e. The van der Waals surface area contributed by atoms with E-state index in [2.05, 4.69) is 10.2 Å². The van der Waals surface area contributed by atoms with Crippen LogP contribution in [0.3, 0.4) is 0 Å². The molecule has 3 aromatic rings. The first kappa shape index (κ1) is 22.1. The lowest BCUT2D eigenvalue weighted by atomic mass is 10.2. The molecule has 2 heterocycles. The van der Waals surface area contributed by atoms with E-state index in [9.17, 15) is 14.4 Å². The molecule has 0 saturated carbocycles. The predicted molar refractivity (Wildman–Crippen MR) is 119 cm³/mol. The number of hydrogen-bond donors (Lipinski definition) is 1. The highest BCUT2D eigenvalue weighted by Gasteiger charge is 2.21. The van der Waals surface area contributed by atoms with Gasteiger partial charge in [-0.25, -0.2) is 4.79 Å². The zero-order valence-electron chi connectivity index (χ0n) is 16.4. The molecular formula is C18H19N5O4S3. The maximum atomic E-state index is 12.6. The van der Waals surface area contributed by atoms with Crippen LogP contribution in [-0.2, 0) is 19.8 Å². The standard InChI is InChI=1S/C18H19N5O4S3/c1-22-14(19)13(15(25)23(2)18(22)26)12(24)9-29-17-21-20-16(30-17)28-8-10-4-6-11(27-3)7-5-10/h4-7H,8-9,19H2,1-3H3. The summed E-state index contributed by atoms with van der Waals surface area (Å²) in [5.74, 6) is 0.900. The summed E-state index contributed by atoms with van der Waals surface area (Å²) in [5, 5.41) is 8.21. The molecule has 30 heavy (non-hydrogen) atoms. The number of carbonyl (C=O) groups excluding carboxylic acids is 1. The Labute approximate surface area is 184 Å². The average molecular weight is 466 g/mol. The van der Waals surface area contributed by atoms with Gasteiger partial charge in [-0.05, 0) is 17.7 Å². The number of rotatable bonds is 8. The maximum Gasteiger partial charge on any atom is 0.332 e. The molecule has 2 aromatic heterocycles. The van der Waals surface area contributed by atoms with E-state index in [-0.39, 0.29) is 17.1 Å². The van der Waals surface area contributed by atoms with Crippen molar-refractivity contribution in [2.24, 2.45) is 14.1 Å². The van der Waals surface area contributed by atoms with Gasteiger partial charge in [-0.3, -0.25) is 18.7 Å². The van der Waals surface area contributed by atoms with Crippen molar-refractivity contribution in [3.8, 4) is 5.75 Å². The van der Waals surface area contributed by atoms with Crippen LogP contribution in [0.5, 0.6) is 5.75 Å². The Kier molecular flexibility index (Phi) is 7.00. The summed E-state index contributed by atoms with van der Waals surface area (Å²) in [6.07, 6.45) is 0. The fraction of sp³-hybridized carbons (Fsp3) is 0.278. The third-order valence-electron chi connectivity index (χ3n) is 4.22. The molecule has 1 aromatic carbocycles. The molecule has 0 aliphatic heterocycles. The lowest BCUT2D eigenvalue weighted by molar-refractivity contribution is 0.102. The number of carbonyl (C=O) groups is 1. The van der Waals surface area contributed by atoms with Crippen LogP contribution >= 0.6 is 34.9 Å². The van der Waals surface area contributed by atoms with Gasteiger partial charge in [0.1, 0.15) is 17.1 Å². The van der Waals surface area contributed by atoms with Crippen molar-refractivity contribution in [1.29, 1.82) is 0 Å². The Morgan fingerprint density at radius 1 is 1.10 bits per heavy atom. The van der Waals surface area contributed by atoms with Crippen LogP contribution in [-0.4, -0.2) is 38.0 Å². The summed E-state index contributed by atoms with van der Waals surface area (Å²) in [7, 11) is 4.35. The first-order valence-corrected chi connectivity index (χ1v) is 11.4. The zero-order valence-corrected chi connectivity index (χ0v) is 18.9. The molecule has 0 amide bonds. The van der Waals surface area contributed by atoms with Gasteiger partial charge in [-0.2, -0.15) is 0 Å². The highest BCUT2D eigenvalue weighted by atomic mass is 32.2. The monoisotopic (exact) mass is 465 g/mol. The van der Waals surface area contributed by atoms with E-state index >= 15 is 0 Å². The van der Waals surface area contributed by atoms with Crippen molar-refractivity contribution in [3.63, 3.8) is 0 Å². The number of anilines is 1. The second-order valence-corrected chi connectivity index (χ2v) is 9.57. The van der Waals surface area contributed by atoms with Crippen molar-refractivity contribution in [1.82, 2.24) is 19.3 Å².